The van der Waals surface area contributed by atoms with E-state index >= 15 is 0 Å². The van der Waals surface area contributed by atoms with Crippen LogP contribution < -0.4 is 4.90 Å². The van der Waals surface area contributed by atoms with Gasteiger partial charge in [0, 0.05) is 59.6 Å². The van der Waals surface area contributed by atoms with Gasteiger partial charge in [0.05, 0.1) is 10.3 Å². The lowest BCUT2D eigenvalue weighted by atomic mass is 9.79. The van der Waals surface area contributed by atoms with Crippen molar-refractivity contribution in [2.75, 3.05) is 18.0 Å². The van der Waals surface area contributed by atoms with Gasteiger partial charge in [-0.3, -0.25) is 10.1 Å². The average Bonchev–Trinajstić information content (AvgIpc) is 3.36. The number of non-ortho nitro benzene ring substituents is 1. The van der Waals surface area contributed by atoms with E-state index < -0.39 is 0 Å². The molecule has 0 fully saturated rings. The van der Waals surface area contributed by atoms with Crippen molar-refractivity contribution in [3.8, 4) is 0 Å². The van der Waals surface area contributed by atoms with E-state index in [9.17, 15) is 10.1 Å². The molecule has 232 valence electrons. The number of rotatable bonds is 13. The molecule has 0 bridgehead atoms. The SMILES string of the molecule is CCCCCCCCN1/C(=C\C=C\C2=[N+](CCCC)c3ccc4ccccc4c3C2(C)C)C(C)(C)c2cc([N+](=O)[O-])ccc21. The van der Waals surface area contributed by atoms with Gasteiger partial charge in [-0.05, 0) is 54.8 Å². The molecule has 0 aliphatic carbocycles. The number of nitro benzene ring substituents is 1. The van der Waals surface area contributed by atoms with Crippen LogP contribution in [0.1, 0.15) is 104 Å². The van der Waals surface area contributed by atoms with Crippen molar-refractivity contribution in [1.82, 2.24) is 0 Å². The van der Waals surface area contributed by atoms with Crippen LogP contribution in [0.15, 0.2) is 78.5 Å². The predicted molar refractivity (Wildman–Crippen MR) is 186 cm³/mol. The first kappa shape index (κ1) is 31.7. The molecule has 5 nitrogen and oxygen atoms in total. The summed E-state index contributed by atoms with van der Waals surface area (Å²) in [6.07, 6.45) is 16.5. The second-order valence-electron chi connectivity index (χ2n) is 13.6. The first-order valence-corrected chi connectivity index (χ1v) is 16.7. The summed E-state index contributed by atoms with van der Waals surface area (Å²) in [5, 5.41) is 14.3. The Balaban J connectivity index is 1.52. The summed E-state index contributed by atoms with van der Waals surface area (Å²) in [6, 6.07) is 18.7. The van der Waals surface area contributed by atoms with E-state index in [1.165, 1.54) is 65.5 Å². The molecule has 44 heavy (non-hydrogen) atoms. The van der Waals surface area contributed by atoms with Crippen molar-refractivity contribution in [2.45, 2.75) is 104 Å². The van der Waals surface area contributed by atoms with Gasteiger partial charge in [-0.2, -0.15) is 4.58 Å². The van der Waals surface area contributed by atoms with Crippen LogP contribution in [0.4, 0.5) is 17.1 Å². The van der Waals surface area contributed by atoms with Crippen LogP contribution in [0.2, 0.25) is 0 Å². The van der Waals surface area contributed by atoms with Crippen LogP contribution in [-0.2, 0) is 10.8 Å². The zero-order valence-electron chi connectivity index (χ0n) is 27.7. The number of nitrogens with zero attached hydrogens (tertiary/aromatic N) is 3. The lowest BCUT2D eigenvalue weighted by molar-refractivity contribution is -0.438. The minimum absolute atomic E-state index is 0.147. The topological polar surface area (TPSA) is 49.4 Å². The number of fused-ring (bicyclic) bond motifs is 4. The molecule has 0 unspecified atom stereocenters. The van der Waals surface area contributed by atoms with Crippen LogP contribution in [-0.4, -0.2) is 28.3 Å². The van der Waals surface area contributed by atoms with Crippen molar-refractivity contribution >= 4 is 33.5 Å². The second-order valence-corrected chi connectivity index (χ2v) is 13.6. The summed E-state index contributed by atoms with van der Waals surface area (Å²) in [5.74, 6) is 0. The molecule has 2 aliphatic heterocycles. The highest BCUT2D eigenvalue weighted by Crippen LogP contribution is 2.49. The van der Waals surface area contributed by atoms with Gasteiger partial charge < -0.3 is 4.90 Å². The smallest absolute Gasteiger partial charge is 0.269 e. The van der Waals surface area contributed by atoms with Gasteiger partial charge in [-0.25, -0.2) is 0 Å². The third-order valence-electron chi connectivity index (χ3n) is 9.82. The Morgan fingerprint density at radius 3 is 2.34 bits per heavy atom. The Hall–Kier alpha value is -3.73. The third kappa shape index (κ3) is 5.86. The number of hydrogen-bond donors (Lipinski definition) is 0. The monoisotopic (exact) mass is 592 g/mol. The molecule has 0 atom stereocenters. The molecule has 3 aromatic rings. The minimum Gasteiger partial charge on any atom is -0.344 e. The van der Waals surface area contributed by atoms with Crippen LogP contribution >= 0.6 is 0 Å². The molecule has 0 saturated heterocycles. The molecule has 0 spiro atoms. The van der Waals surface area contributed by atoms with Crippen molar-refractivity contribution < 1.29 is 9.50 Å². The van der Waals surface area contributed by atoms with Crippen LogP contribution in [0, 0.1) is 10.1 Å². The highest BCUT2D eigenvalue weighted by molar-refractivity contribution is 6.07. The summed E-state index contributed by atoms with van der Waals surface area (Å²) in [6.45, 7) is 15.5. The molecule has 0 N–H and O–H groups in total. The van der Waals surface area contributed by atoms with Gasteiger partial charge in [0.2, 0.25) is 5.69 Å². The lowest BCUT2D eigenvalue weighted by Crippen LogP contribution is -2.28. The molecule has 3 aromatic carbocycles. The molecule has 2 aliphatic rings. The number of benzene rings is 3. The zero-order chi connectivity index (χ0) is 31.5. The largest absolute Gasteiger partial charge is 0.344 e. The van der Waals surface area contributed by atoms with Crippen molar-refractivity contribution in [3.05, 3.63) is 99.8 Å². The Labute approximate surface area is 264 Å². The first-order valence-electron chi connectivity index (χ1n) is 16.7. The maximum atomic E-state index is 11.7. The maximum absolute atomic E-state index is 11.7. The second kappa shape index (κ2) is 13.1. The van der Waals surface area contributed by atoms with E-state index in [-0.39, 0.29) is 21.4 Å². The zero-order valence-corrected chi connectivity index (χ0v) is 27.7. The van der Waals surface area contributed by atoms with E-state index in [1.54, 1.807) is 12.1 Å². The quantitative estimate of drug-likeness (QED) is 0.0858. The van der Waals surface area contributed by atoms with Crippen LogP contribution in [0.25, 0.3) is 10.8 Å². The molecule has 5 heteroatoms. The summed E-state index contributed by atoms with van der Waals surface area (Å²) >= 11 is 0. The predicted octanol–water partition coefficient (Wildman–Crippen LogP) is 10.5. The Kier molecular flexibility index (Phi) is 9.43. The lowest BCUT2D eigenvalue weighted by Gasteiger charge is -2.27. The molecule has 5 rings (SSSR count). The number of unbranched alkanes of at least 4 members (excludes halogenated alkanes) is 6. The molecule has 0 saturated carbocycles. The van der Waals surface area contributed by atoms with E-state index in [2.05, 4.69) is 106 Å². The van der Waals surface area contributed by atoms with Gasteiger partial charge in [-0.1, -0.05) is 96.6 Å². The fourth-order valence-corrected chi connectivity index (χ4v) is 7.39. The minimum atomic E-state index is -0.342. The summed E-state index contributed by atoms with van der Waals surface area (Å²) in [4.78, 5) is 13.8. The third-order valence-corrected chi connectivity index (χ3v) is 9.82. The molecular weight excluding hydrogens is 542 g/mol. The summed E-state index contributed by atoms with van der Waals surface area (Å²) in [7, 11) is 0. The first-order chi connectivity index (χ1) is 21.1. The van der Waals surface area contributed by atoms with Gasteiger partial charge in [0.25, 0.3) is 5.69 Å². The normalized spacial score (nSPS) is 17.7. The van der Waals surface area contributed by atoms with Gasteiger partial charge in [0.15, 0.2) is 5.71 Å². The Morgan fingerprint density at radius 1 is 0.864 bits per heavy atom. The van der Waals surface area contributed by atoms with Crippen LogP contribution in [0.5, 0.6) is 0 Å². The highest BCUT2D eigenvalue weighted by atomic mass is 16.6. The standard InChI is InChI=1S/C39H50N3O2/c1-7-9-11-12-13-16-27-40-33-25-23-30(42(43)44)28-32(33)38(3,4)35(40)20-17-21-36-39(5,6)37-31-19-15-14-18-29(31)22-24-34(37)41(36)26-10-8-2/h14-15,17-25,28H,7-13,16,26-27H2,1-6H3/q+1. The van der Waals surface area contributed by atoms with Crippen LogP contribution in [0.3, 0.4) is 0 Å². The Bertz CT molecular complexity index is 1630. The molecule has 0 radical (unpaired) electrons. The van der Waals surface area contributed by atoms with E-state index in [0.29, 0.717) is 0 Å². The van der Waals surface area contributed by atoms with Crippen molar-refractivity contribution in [1.29, 1.82) is 0 Å². The van der Waals surface area contributed by atoms with E-state index in [4.69, 9.17) is 0 Å². The molecule has 2 heterocycles. The van der Waals surface area contributed by atoms with Gasteiger partial charge in [-0.15, -0.1) is 0 Å². The number of allylic oxidation sites excluding steroid dienone is 4. The Morgan fingerprint density at radius 2 is 1.59 bits per heavy atom. The van der Waals surface area contributed by atoms with Gasteiger partial charge in [0.1, 0.15) is 6.54 Å². The van der Waals surface area contributed by atoms with Gasteiger partial charge >= 0.3 is 0 Å². The van der Waals surface area contributed by atoms with E-state index in [0.717, 1.165) is 43.6 Å². The summed E-state index contributed by atoms with van der Waals surface area (Å²) in [5.41, 5.74) is 7.06. The molecular formula is C39H50N3O2+. The highest BCUT2D eigenvalue weighted by Gasteiger charge is 2.45. The molecule has 0 aromatic heterocycles. The van der Waals surface area contributed by atoms with E-state index in [1.807, 2.05) is 6.07 Å². The summed E-state index contributed by atoms with van der Waals surface area (Å²) < 4.78 is 2.53. The fraction of sp³-hybridized carbons (Fsp3) is 0.462. The maximum Gasteiger partial charge on any atom is 0.269 e. The number of hydrogen-bond acceptors (Lipinski definition) is 3. The molecule has 0 amide bonds. The number of anilines is 1. The fourth-order valence-electron chi connectivity index (χ4n) is 7.39. The van der Waals surface area contributed by atoms with Crippen molar-refractivity contribution in [2.24, 2.45) is 0 Å². The average molecular weight is 593 g/mol. The van der Waals surface area contributed by atoms with Crippen molar-refractivity contribution in [3.63, 3.8) is 0 Å². The number of nitro groups is 1.